The van der Waals surface area contributed by atoms with Gasteiger partial charge < -0.3 is 14.2 Å². The molecule has 0 saturated heterocycles. The van der Waals surface area contributed by atoms with Gasteiger partial charge >= 0.3 is 0 Å². The highest BCUT2D eigenvalue weighted by molar-refractivity contribution is 5.93. The number of nitrogens with one attached hydrogen (secondary N) is 1. The predicted octanol–water partition coefficient (Wildman–Crippen LogP) is 3.22. The molecule has 2 aromatic heterocycles. The van der Waals surface area contributed by atoms with E-state index in [0.29, 0.717) is 17.9 Å². The van der Waals surface area contributed by atoms with E-state index in [1.54, 1.807) is 25.1 Å². The van der Waals surface area contributed by atoms with E-state index >= 15 is 0 Å². The van der Waals surface area contributed by atoms with E-state index in [0.717, 1.165) is 48.5 Å². The maximum absolute atomic E-state index is 12.8. The van der Waals surface area contributed by atoms with Crippen LogP contribution in [-0.2, 0) is 19.4 Å². The van der Waals surface area contributed by atoms with Crippen LogP contribution in [0.1, 0.15) is 40.3 Å². The minimum atomic E-state index is -0.130. The highest BCUT2D eigenvalue weighted by Gasteiger charge is 2.22. The van der Waals surface area contributed by atoms with Crippen molar-refractivity contribution in [2.45, 2.75) is 32.2 Å². The molecule has 0 unspecified atom stereocenters. The number of methoxy groups -OCH3 is 1. The maximum Gasteiger partial charge on any atom is 0.271 e. The minimum Gasteiger partial charge on any atom is -0.497 e. The van der Waals surface area contributed by atoms with E-state index in [9.17, 15) is 4.79 Å². The van der Waals surface area contributed by atoms with Crippen molar-refractivity contribution in [3.63, 3.8) is 0 Å². The molecule has 4 rings (SSSR count). The Morgan fingerprint density at radius 1 is 1.26 bits per heavy atom. The Labute approximate surface area is 157 Å². The molecule has 1 aromatic carbocycles. The fourth-order valence-electron chi connectivity index (χ4n) is 3.42. The smallest absolute Gasteiger partial charge is 0.271 e. The van der Waals surface area contributed by atoms with Gasteiger partial charge in [-0.1, -0.05) is 5.16 Å². The summed E-state index contributed by atoms with van der Waals surface area (Å²) >= 11 is 0. The van der Waals surface area contributed by atoms with Crippen LogP contribution < -0.4 is 4.74 Å². The molecule has 1 N–H and O–H groups in total. The van der Waals surface area contributed by atoms with Gasteiger partial charge in [-0.25, -0.2) is 0 Å². The van der Waals surface area contributed by atoms with Gasteiger partial charge in [0.05, 0.1) is 19.3 Å². The molecular weight excluding hydrogens is 344 g/mol. The summed E-state index contributed by atoms with van der Waals surface area (Å²) in [7, 11) is 3.39. The number of nitrogens with zero attached hydrogens (tertiary/aromatic N) is 3. The number of fused-ring (bicyclic) bond motifs is 1. The highest BCUT2D eigenvalue weighted by Crippen LogP contribution is 2.25. The van der Waals surface area contributed by atoms with Crippen molar-refractivity contribution in [3.8, 4) is 17.0 Å². The van der Waals surface area contributed by atoms with Crippen molar-refractivity contribution in [1.29, 1.82) is 0 Å². The topological polar surface area (TPSA) is 84.2 Å². The third-order valence-corrected chi connectivity index (χ3v) is 4.96. The summed E-state index contributed by atoms with van der Waals surface area (Å²) in [6, 6.07) is 9.32. The fourth-order valence-corrected chi connectivity index (χ4v) is 3.42. The average Bonchev–Trinajstić information content (AvgIpc) is 3.35. The molecule has 1 aliphatic rings. The molecular formula is C20H22N4O3. The lowest BCUT2D eigenvalue weighted by atomic mass is 9.96. The second kappa shape index (κ2) is 7.26. The second-order valence-corrected chi connectivity index (χ2v) is 6.79. The molecule has 2 heterocycles. The molecule has 0 atom stereocenters. The van der Waals surface area contributed by atoms with Gasteiger partial charge in [-0.2, -0.15) is 5.10 Å². The van der Waals surface area contributed by atoms with Gasteiger partial charge in [-0.3, -0.25) is 9.89 Å². The Kier molecular flexibility index (Phi) is 4.66. The lowest BCUT2D eigenvalue weighted by Crippen LogP contribution is -2.27. The Balaban J connectivity index is 1.47. The van der Waals surface area contributed by atoms with E-state index in [1.165, 1.54) is 5.56 Å². The number of ether oxygens (including phenoxy) is 1. The molecule has 7 heteroatoms. The van der Waals surface area contributed by atoms with E-state index in [4.69, 9.17) is 9.26 Å². The lowest BCUT2D eigenvalue weighted by Gasteiger charge is -2.16. The van der Waals surface area contributed by atoms with Gasteiger partial charge in [0.15, 0.2) is 0 Å². The Hall–Kier alpha value is -3.09. The summed E-state index contributed by atoms with van der Waals surface area (Å²) in [5, 5.41) is 11.3. The monoisotopic (exact) mass is 366 g/mol. The highest BCUT2D eigenvalue weighted by atomic mass is 16.5. The van der Waals surface area contributed by atoms with Crippen molar-refractivity contribution in [2.24, 2.45) is 0 Å². The number of rotatable bonds is 5. The van der Waals surface area contributed by atoms with Crippen LogP contribution in [-0.4, -0.2) is 40.3 Å². The zero-order valence-electron chi connectivity index (χ0n) is 15.5. The normalized spacial score (nSPS) is 13.3. The first kappa shape index (κ1) is 17.3. The zero-order chi connectivity index (χ0) is 18.8. The summed E-state index contributed by atoms with van der Waals surface area (Å²) in [4.78, 5) is 14.4. The average molecular weight is 366 g/mol. The minimum absolute atomic E-state index is 0.130. The van der Waals surface area contributed by atoms with Crippen molar-refractivity contribution >= 4 is 5.91 Å². The Morgan fingerprint density at radius 2 is 2.04 bits per heavy atom. The van der Waals surface area contributed by atoms with Crippen LogP contribution >= 0.6 is 0 Å². The number of hydrogen-bond acceptors (Lipinski definition) is 5. The predicted molar refractivity (Wildman–Crippen MR) is 99.5 cm³/mol. The van der Waals surface area contributed by atoms with Crippen molar-refractivity contribution in [2.75, 3.05) is 14.2 Å². The van der Waals surface area contributed by atoms with Crippen molar-refractivity contribution in [3.05, 3.63) is 53.0 Å². The molecule has 0 aliphatic heterocycles. The summed E-state index contributed by atoms with van der Waals surface area (Å²) in [6.07, 6.45) is 4.19. The molecule has 27 heavy (non-hydrogen) atoms. The van der Waals surface area contributed by atoms with E-state index < -0.39 is 0 Å². The fraction of sp³-hybridized carbons (Fsp3) is 0.350. The van der Waals surface area contributed by atoms with Gasteiger partial charge in [0, 0.05) is 24.6 Å². The van der Waals surface area contributed by atoms with Crippen LogP contribution in [0.4, 0.5) is 0 Å². The number of aromatic nitrogens is 3. The van der Waals surface area contributed by atoms with E-state index in [1.807, 2.05) is 24.3 Å². The second-order valence-electron chi connectivity index (χ2n) is 6.79. The number of carbonyl (C=O) groups excluding carboxylic acids is 1. The van der Waals surface area contributed by atoms with Gasteiger partial charge in [0.25, 0.3) is 5.91 Å². The first-order valence-corrected chi connectivity index (χ1v) is 9.07. The number of amides is 1. The van der Waals surface area contributed by atoms with Crippen LogP contribution in [0.3, 0.4) is 0 Å². The SMILES string of the molecule is COc1ccc(-c2cc(C(=O)N(C)Cc3noc4c3CCCC4)[nH]n2)cc1. The number of aromatic amines is 1. The molecule has 3 aromatic rings. The molecule has 0 bridgehead atoms. The van der Waals surface area contributed by atoms with Gasteiger partial charge in [-0.05, 0) is 49.6 Å². The van der Waals surface area contributed by atoms with Gasteiger partial charge in [0.2, 0.25) is 0 Å². The van der Waals surface area contributed by atoms with E-state index in [2.05, 4.69) is 15.4 Å². The third kappa shape index (κ3) is 3.45. The maximum atomic E-state index is 12.8. The first-order valence-electron chi connectivity index (χ1n) is 9.07. The van der Waals surface area contributed by atoms with Crippen LogP contribution in [0.15, 0.2) is 34.9 Å². The molecule has 0 fully saturated rings. The number of aryl methyl sites for hydroxylation is 1. The number of benzene rings is 1. The van der Waals surface area contributed by atoms with E-state index in [-0.39, 0.29) is 5.91 Å². The molecule has 7 nitrogen and oxygen atoms in total. The van der Waals surface area contributed by atoms with Gasteiger partial charge in [0.1, 0.15) is 22.9 Å². The number of hydrogen-bond donors (Lipinski definition) is 1. The molecule has 0 saturated carbocycles. The number of H-pyrrole nitrogens is 1. The van der Waals surface area contributed by atoms with Crippen LogP contribution in [0.25, 0.3) is 11.3 Å². The summed E-state index contributed by atoms with van der Waals surface area (Å²) in [6.45, 7) is 0.425. The van der Waals surface area contributed by atoms with Crippen LogP contribution in [0, 0.1) is 0 Å². The summed E-state index contributed by atoms with van der Waals surface area (Å²) < 4.78 is 10.6. The van der Waals surface area contributed by atoms with Crippen molar-refractivity contribution < 1.29 is 14.1 Å². The number of carbonyl (C=O) groups is 1. The summed E-state index contributed by atoms with van der Waals surface area (Å²) in [5.74, 6) is 1.62. The largest absolute Gasteiger partial charge is 0.497 e. The third-order valence-electron chi connectivity index (χ3n) is 4.96. The quantitative estimate of drug-likeness (QED) is 0.749. The van der Waals surface area contributed by atoms with Crippen molar-refractivity contribution in [1.82, 2.24) is 20.3 Å². The van der Waals surface area contributed by atoms with Crippen LogP contribution in [0.2, 0.25) is 0 Å². The standard InChI is InChI=1S/C20H22N4O3/c1-24(12-18-15-5-3-4-6-19(15)27-23-18)20(25)17-11-16(21-22-17)13-7-9-14(26-2)10-8-13/h7-11H,3-6,12H2,1-2H3,(H,21,22). The zero-order valence-corrected chi connectivity index (χ0v) is 15.5. The Bertz CT molecular complexity index is 943. The lowest BCUT2D eigenvalue weighted by molar-refractivity contribution is 0.0776. The first-order chi connectivity index (χ1) is 13.2. The molecule has 1 amide bonds. The Morgan fingerprint density at radius 3 is 2.81 bits per heavy atom. The van der Waals surface area contributed by atoms with Gasteiger partial charge in [-0.15, -0.1) is 0 Å². The molecule has 140 valence electrons. The molecule has 0 spiro atoms. The van der Waals surface area contributed by atoms with Crippen LogP contribution in [0.5, 0.6) is 5.75 Å². The molecule has 1 aliphatic carbocycles. The summed E-state index contributed by atoms with van der Waals surface area (Å²) in [5.41, 5.74) is 4.10. The molecule has 0 radical (unpaired) electrons.